The van der Waals surface area contributed by atoms with Gasteiger partial charge in [0.15, 0.2) is 0 Å². The highest BCUT2D eigenvalue weighted by Gasteiger charge is 2.05. The summed E-state index contributed by atoms with van der Waals surface area (Å²) in [6, 6.07) is 6.51. The molecule has 1 aromatic rings. The number of benzene rings is 1. The average molecular weight is 272 g/mol. The van der Waals surface area contributed by atoms with Gasteiger partial charge in [-0.3, -0.25) is 0 Å². The van der Waals surface area contributed by atoms with Crippen LogP contribution in [0.3, 0.4) is 0 Å². The van der Waals surface area contributed by atoms with Crippen molar-refractivity contribution in [3.8, 4) is 0 Å². The monoisotopic (exact) mass is 271 g/mol. The molecule has 0 saturated carbocycles. The number of nitrogens with one attached hydrogen (secondary N) is 1. The SMILES string of the molecule is CC[C@@H](CO)NCc1ccc(C)cc1Br. The van der Waals surface area contributed by atoms with Crippen molar-refractivity contribution in [3.05, 3.63) is 33.8 Å². The van der Waals surface area contributed by atoms with Crippen molar-refractivity contribution < 1.29 is 5.11 Å². The molecule has 0 amide bonds. The van der Waals surface area contributed by atoms with E-state index < -0.39 is 0 Å². The van der Waals surface area contributed by atoms with Gasteiger partial charge in [-0.05, 0) is 30.5 Å². The lowest BCUT2D eigenvalue weighted by molar-refractivity contribution is 0.238. The smallest absolute Gasteiger partial charge is 0.0584 e. The molecule has 1 rings (SSSR count). The van der Waals surface area contributed by atoms with E-state index in [2.05, 4.69) is 53.3 Å². The van der Waals surface area contributed by atoms with Crippen LogP contribution in [0.15, 0.2) is 22.7 Å². The van der Waals surface area contributed by atoms with Crippen LogP contribution >= 0.6 is 15.9 Å². The van der Waals surface area contributed by atoms with Gasteiger partial charge in [-0.1, -0.05) is 35.0 Å². The van der Waals surface area contributed by atoms with E-state index in [4.69, 9.17) is 5.11 Å². The summed E-state index contributed by atoms with van der Waals surface area (Å²) >= 11 is 3.54. The molecule has 3 heteroatoms. The molecule has 0 fully saturated rings. The van der Waals surface area contributed by atoms with Gasteiger partial charge in [-0.2, -0.15) is 0 Å². The quantitative estimate of drug-likeness (QED) is 0.863. The van der Waals surface area contributed by atoms with Crippen LogP contribution < -0.4 is 5.32 Å². The van der Waals surface area contributed by atoms with Gasteiger partial charge in [-0.15, -0.1) is 0 Å². The Hall–Kier alpha value is -0.380. The standard InChI is InChI=1S/C12H18BrNO/c1-3-11(8-15)14-7-10-5-4-9(2)6-12(10)13/h4-6,11,14-15H,3,7-8H2,1-2H3/t11-/m0/s1. The number of hydrogen-bond acceptors (Lipinski definition) is 2. The van der Waals surface area contributed by atoms with Gasteiger partial charge >= 0.3 is 0 Å². The molecule has 0 aliphatic rings. The van der Waals surface area contributed by atoms with Gasteiger partial charge in [0.1, 0.15) is 0 Å². The second kappa shape index (κ2) is 6.26. The largest absolute Gasteiger partial charge is 0.395 e. The minimum Gasteiger partial charge on any atom is -0.395 e. The van der Waals surface area contributed by atoms with Gasteiger partial charge in [0.05, 0.1) is 6.61 Å². The molecule has 0 aliphatic carbocycles. The molecule has 0 radical (unpaired) electrons. The van der Waals surface area contributed by atoms with Crippen molar-refractivity contribution >= 4 is 15.9 Å². The van der Waals surface area contributed by atoms with E-state index in [9.17, 15) is 0 Å². The van der Waals surface area contributed by atoms with E-state index in [1.165, 1.54) is 11.1 Å². The zero-order chi connectivity index (χ0) is 11.3. The van der Waals surface area contributed by atoms with Crippen LogP contribution in [0.1, 0.15) is 24.5 Å². The van der Waals surface area contributed by atoms with Crippen LogP contribution in [0, 0.1) is 6.92 Å². The van der Waals surface area contributed by atoms with Gasteiger partial charge in [0.25, 0.3) is 0 Å². The van der Waals surface area contributed by atoms with E-state index in [-0.39, 0.29) is 12.6 Å². The molecule has 2 nitrogen and oxygen atoms in total. The fourth-order valence-corrected chi connectivity index (χ4v) is 2.02. The van der Waals surface area contributed by atoms with Crippen molar-refractivity contribution in [2.75, 3.05) is 6.61 Å². The van der Waals surface area contributed by atoms with E-state index in [1.807, 2.05) is 0 Å². The van der Waals surface area contributed by atoms with Crippen molar-refractivity contribution in [3.63, 3.8) is 0 Å². The highest BCUT2D eigenvalue weighted by molar-refractivity contribution is 9.10. The van der Waals surface area contributed by atoms with Crippen molar-refractivity contribution in [2.45, 2.75) is 32.9 Å². The van der Waals surface area contributed by atoms with Gasteiger partial charge in [-0.25, -0.2) is 0 Å². The Morgan fingerprint density at radius 2 is 2.20 bits per heavy atom. The zero-order valence-electron chi connectivity index (χ0n) is 9.26. The van der Waals surface area contributed by atoms with E-state index in [0.717, 1.165) is 17.4 Å². The summed E-state index contributed by atoms with van der Waals surface area (Å²) in [5.74, 6) is 0. The summed E-state index contributed by atoms with van der Waals surface area (Å²) in [6.07, 6.45) is 0.944. The first-order valence-corrected chi connectivity index (χ1v) is 6.06. The predicted octanol–water partition coefficient (Wildman–Crippen LogP) is 2.62. The summed E-state index contributed by atoms with van der Waals surface area (Å²) in [7, 11) is 0. The van der Waals surface area contributed by atoms with Gasteiger partial charge < -0.3 is 10.4 Å². The number of hydrogen-bond donors (Lipinski definition) is 2. The third kappa shape index (κ3) is 3.93. The Balaban J connectivity index is 2.57. The Morgan fingerprint density at radius 1 is 1.47 bits per heavy atom. The molecule has 0 unspecified atom stereocenters. The van der Waals surface area contributed by atoms with Crippen molar-refractivity contribution in [1.82, 2.24) is 5.32 Å². The molecule has 15 heavy (non-hydrogen) atoms. The van der Waals surface area contributed by atoms with Crippen LogP contribution in [-0.4, -0.2) is 17.8 Å². The summed E-state index contributed by atoms with van der Waals surface area (Å²) in [5.41, 5.74) is 2.48. The number of rotatable bonds is 5. The predicted molar refractivity (Wildman–Crippen MR) is 66.9 cm³/mol. The third-order valence-electron chi connectivity index (χ3n) is 2.50. The average Bonchev–Trinajstić information content (AvgIpc) is 2.22. The Kier molecular flexibility index (Phi) is 5.29. The third-order valence-corrected chi connectivity index (χ3v) is 3.24. The topological polar surface area (TPSA) is 32.3 Å². The normalized spacial score (nSPS) is 12.8. The molecule has 84 valence electrons. The molecular weight excluding hydrogens is 254 g/mol. The Morgan fingerprint density at radius 3 is 2.73 bits per heavy atom. The summed E-state index contributed by atoms with van der Waals surface area (Å²) in [4.78, 5) is 0. The number of aliphatic hydroxyl groups excluding tert-OH is 1. The number of aliphatic hydroxyl groups is 1. The molecule has 2 N–H and O–H groups in total. The molecule has 0 spiro atoms. The summed E-state index contributed by atoms with van der Waals surface area (Å²) in [6.45, 7) is 5.13. The number of aryl methyl sites for hydroxylation is 1. The van der Waals surface area contributed by atoms with Crippen LogP contribution in [0.4, 0.5) is 0 Å². The van der Waals surface area contributed by atoms with E-state index in [0.29, 0.717) is 0 Å². The molecule has 0 aromatic heterocycles. The van der Waals surface area contributed by atoms with Crippen LogP contribution in [0.2, 0.25) is 0 Å². The van der Waals surface area contributed by atoms with Crippen molar-refractivity contribution in [2.24, 2.45) is 0 Å². The zero-order valence-corrected chi connectivity index (χ0v) is 10.8. The minimum absolute atomic E-state index is 0.193. The highest BCUT2D eigenvalue weighted by atomic mass is 79.9. The maximum Gasteiger partial charge on any atom is 0.0584 e. The molecular formula is C12H18BrNO. The second-order valence-electron chi connectivity index (χ2n) is 3.76. The lowest BCUT2D eigenvalue weighted by Crippen LogP contribution is -2.31. The second-order valence-corrected chi connectivity index (χ2v) is 4.62. The number of halogens is 1. The van der Waals surface area contributed by atoms with Crippen LogP contribution in [0.25, 0.3) is 0 Å². The summed E-state index contributed by atoms with van der Waals surface area (Å²) < 4.78 is 1.13. The first kappa shape index (κ1) is 12.7. The van der Waals surface area contributed by atoms with E-state index >= 15 is 0 Å². The molecule has 0 saturated heterocycles. The molecule has 1 aromatic carbocycles. The molecule has 0 bridgehead atoms. The van der Waals surface area contributed by atoms with E-state index in [1.54, 1.807) is 0 Å². The fourth-order valence-electron chi connectivity index (χ4n) is 1.39. The van der Waals surface area contributed by atoms with Gasteiger partial charge in [0, 0.05) is 17.1 Å². The fraction of sp³-hybridized carbons (Fsp3) is 0.500. The maximum atomic E-state index is 9.04. The van der Waals surface area contributed by atoms with Gasteiger partial charge in [0.2, 0.25) is 0 Å². The summed E-state index contributed by atoms with van der Waals surface area (Å²) in [5, 5.41) is 12.4. The van der Waals surface area contributed by atoms with Crippen LogP contribution in [0.5, 0.6) is 0 Å². The Bertz CT molecular complexity index is 310. The van der Waals surface area contributed by atoms with Crippen molar-refractivity contribution in [1.29, 1.82) is 0 Å². The minimum atomic E-state index is 0.193. The molecule has 1 atom stereocenters. The molecule has 0 heterocycles. The molecule has 0 aliphatic heterocycles. The lowest BCUT2D eigenvalue weighted by atomic mass is 10.1. The first-order valence-electron chi connectivity index (χ1n) is 5.26. The lowest BCUT2D eigenvalue weighted by Gasteiger charge is -2.14. The maximum absolute atomic E-state index is 9.04. The Labute approximate surface area is 99.8 Å². The first-order chi connectivity index (χ1) is 7.17. The highest BCUT2D eigenvalue weighted by Crippen LogP contribution is 2.18. The van der Waals surface area contributed by atoms with Crippen LogP contribution in [-0.2, 0) is 6.54 Å².